The van der Waals surface area contributed by atoms with Crippen LogP contribution in [0.2, 0.25) is 0 Å². The summed E-state index contributed by atoms with van der Waals surface area (Å²) in [6.07, 6.45) is 2.53. The quantitative estimate of drug-likeness (QED) is 0.119. The fraction of sp³-hybridized carbons (Fsp3) is 0.440. The summed E-state index contributed by atoms with van der Waals surface area (Å²) in [4.78, 5) is 57.5. The maximum atomic E-state index is 14.7. The number of carbonyl (C=O) groups excluding carboxylic acids is 3. The van der Waals surface area contributed by atoms with Crippen LogP contribution in [0.4, 0.5) is 13.2 Å². The molecule has 2 saturated carbocycles. The lowest BCUT2D eigenvalue weighted by atomic mass is 9.73. The number of hydrazone groups is 1. The number of amides is 3. The Bertz CT molecular complexity index is 2800. The number of piperidine rings is 1. The summed E-state index contributed by atoms with van der Waals surface area (Å²) in [5, 5.41) is 9.46. The molecule has 0 unspecified atom stereocenters. The largest absolute Gasteiger partial charge is 0.493 e. The number of halogens is 3. The van der Waals surface area contributed by atoms with Gasteiger partial charge in [0.1, 0.15) is 29.3 Å². The van der Waals surface area contributed by atoms with Gasteiger partial charge in [-0.05, 0) is 93.3 Å². The van der Waals surface area contributed by atoms with Gasteiger partial charge in [-0.1, -0.05) is 31.0 Å². The Balaban J connectivity index is 0.933. The highest BCUT2D eigenvalue weighted by Crippen LogP contribution is 2.49. The predicted octanol–water partition coefficient (Wildman–Crippen LogP) is 7.87. The highest BCUT2D eigenvalue weighted by Gasteiger charge is 2.45. The molecule has 3 aromatic carbocycles. The van der Waals surface area contributed by atoms with Crippen molar-refractivity contribution in [3.05, 3.63) is 88.9 Å². The van der Waals surface area contributed by atoms with Gasteiger partial charge in [0.15, 0.2) is 23.0 Å². The molecule has 5 aliphatic rings. The standard InChI is InChI=1S/C50H52F3N7O8/c1-27-40(43-45(56-27)44(55-25-54-43)41-37(66-24-28-12-13-28)16-17-38-46(41)68-26-67-38)47(61)57-35(22-29-8-4-7-11-34(29)50(51,52)53)49(63)59-20-18-31(19-21-59)60-48(62)33-10-6-5-9-32(33)42(58-60)30-14-15-36(64-2)39(23-30)65-3/h4,7-8,11,14-17,23,25,28,31-33,35,56H,5-6,9-10,12-13,18-22,24,26H2,1-3H3,(H,57,61)/t32-,33+,35+/m0/s1. The average molecular weight is 936 g/mol. The first kappa shape index (κ1) is 45.0. The summed E-state index contributed by atoms with van der Waals surface area (Å²) < 4.78 is 72.2. The van der Waals surface area contributed by atoms with Gasteiger partial charge >= 0.3 is 6.18 Å². The van der Waals surface area contributed by atoms with E-state index >= 15 is 0 Å². The van der Waals surface area contributed by atoms with Crippen molar-refractivity contribution in [2.24, 2.45) is 22.9 Å². The lowest BCUT2D eigenvalue weighted by Crippen LogP contribution is -2.56. The van der Waals surface area contributed by atoms with Crippen molar-refractivity contribution in [3.63, 3.8) is 0 Å². The smallest absolute Gasteiger partial charge is 0.416 e. The van der Waals surface area contributed by atoms with E-state index in [0.717, 1.165) is 55.9 Å². The number of H-pyrrole nitrogens is 1. The highest BCUT2D eigenvalue weighted by molar-refractivity contribution is 6.11. The molecule has 15 nitrogen and oxygen atoms in total. The number of likely N-dealkylation sites (tertiary alicyclic amines) is 1. The van der Waals surface area contributed by atoms with Gasteiger partial charge in [-0.15, -0.1) is 0 Å². The zero-order valence-electron chi connectivity index (χ0n) is 38.0. The van der Waals surface area contributed by atoms with Gasteiger partial charge in [-0.25, -0.2) is 15.0 Å². The number of hydrogen-bond acceptors (Lipinski definition) is 11. The number of nitrogens with zero attached hydrogens (tertiary/aromatic N) is 5. The molecule has 0 spiro atoms. The molecule has 3 aliphatic heterocycles. The topological polar surface area (TPSA) is 170 Å². The molecule has 356 valence electrons. The first-order valence-corrected chi connectivity index (χ1v) is 23.2. The van der Waals surface area contributed by atoms with E-state index in [1.807, 2.05) is 18.2 Å². The number of hydrogen-bond donors (Lipinski definition) is 2. The normalized spacial score (nSPS) is 19.9. The fourth-order valence-corrected chi connectivity index (χ4v) is 10.2. The molecule has 3 amide bonds. The molecule has 0 bridgehead atoms. The van der Waals surface area contributed by atoms with Crippen molar-refractivity contribution >= 4 is 34.5 Å². The first-order chi connectivity index (χ1) is 32.9. The van der Waals surface area contributed by atoms with E-state index in [1.165, 1.54) is 24.5 Å². The minimum atomic E-state index is -4.71. The lowest BCUT2D eigenvalue weighted by Gasteiger charge is -2.43. The van der Waals surface area contributed by atoms with Gasteiger partial charge in [0, 0.05) is 42.6 Å². The third-order valence-electron chi connectivity index (χ3n) is 13.9. The second kappa shape index (κ2) is 18.3. The molecule has 1 saturated heterocycles. The Kier molecular flexibility index (Phi) is 12.1. The predicted molar refractivity (Wildman–Crippen MR) is 243 cm³/mol. The number of ether oxygens (including phenoxy) is 5. The fourth-order valence-electron chi connectivity index (χ4n) is 10.2. The van der Waals surface area contributed by atoms with Crippen LogP contribution in [0.5, 0.6) is 28.7 Å². The van der Waals surface area contributed by atoms with Crippen molar-refractivity contribution in [3.8, 4) is 40.0 Å². The molecule has 2 aliphatic carbocycles. The number of nitrogens with one attached hydrogen (secondary N) is 2. The van der Waals surface area contributed by atoms with E-state index in [0.29, 0.717) is 76.6 Å². The summed E-state index contributed by atoms with van der Waals surface area (Å²) in [7, 11) is 3.14. The van der Waals surface area contributed by atoms with Gasteiger partial charge in [-0.3, -0.25) is 14.4 Å². The van der Waals surface area contributed by atoms with Gasteiger partial charge in [-0.2, -0.15) is 18.3 Å². The molecule has 0 radical (unpaired) electrons. The van der Waals surface area contributed by atoms with Gasteiger partial charge < -0.3 is 38.9 Å². The summed E-state index contributed by atoms with van der Waals surface area (Å²) in [6.45, 7) is 2.54. The third-order valence-corrected chi connectivity index (χ3v) is 13.9. The lowest BCUT2D eigenvalue weighted by molar-refractivity contribution is -0.144. The van der Waals surface area contributed by atoms with E-state index in [-0.39, 0.29) is 60.3 Å². The minimum absolute atomic E-state index is 0.00264. The van der Waals surface area contributed by atoms with Crippen LogP contribution in [0.25, 0.3) is 22.3 Å². The number of benzene rings is 3. The van der Waals surface area contributed by atoms with E-state index in [9.17, 15) is 27.6 Å². The van der Waals surface area contributed by atoms with Crippen molar-refractivity contribution in [1.29, 1.82) is 0 Å². The average Bonchev–Trinajstić information content (AvgIpc) is 3.94. The maximum absolute atomic E-state index is 14.7. The molecule has 5 heterocycles. The molecule has 5 aromatic rings. The Labute approximate surface area is 390 Å². The van der Waals surface area contributed by atoms with Crippen LogP contribution in [0.1, 0.15) is 84.1 Å². The molecule has 3 atom stereocenters. The van der Waals surface area contributed by atoms with Crippen LogP contribution >= 0.6 is 0 Å². The van der Waals surface area contributed by atoms with Gasteiger partial charge in [0.2, 0.25) is 18.6 Å². The van der Waals surface area contributed by atoms with Crippen LogP contribution in [0, 0.1) is 24.7 Å². The number of carbonyl (C=O) groups is 3. The number of aromatic amines is 1. The molecule has 10 rings (SSSR count). The second-order valence-corrected chi connectivity index (χ2v) is 18.2. The number of aromatic nitrogens is 3. The van der Waals surface area contributed by atoms with Crippen LogP contribution in [-0.4, -0.2) is 101 Å². The van der Waals surface area contributed by atoms with Crippen LogP contribution in [0.3, 0.4) is 0 Å². The molecular weight excluding hydrogens is 884 g/mol. The van der Waals surface area contributed by atoms with Crippen molar-refractivity contribution in [2.75, 3.05) is 40.7 Å². The Morgan fingerprint density at radius 1 is 0.912 bits per heavy atom. The maximum Gasteiger partial charge on any atom is 0.416 e. The first-order valence-electron chi connectivity index (χ1n) is 23.2. The summed E-state index contributed by atoms with van der Waals surface area (Å²) in [6, 6.07) is 12.5. The number of methoxy groups -OCH3 is 2. The minimum Gasteiger partial charge on any atom is -0.493 e. The van der Waals surface area contributed by atoms with E-state index < -0.39 is 36.0 Å². The third kappa shape index (κ3) is 8.53. The molecular formula is C50H52F3N7O8. The van der Waals surface area contributed by atoms with E-state index in [2.05, 4.69) is 20.3 Å². The van der Waals surface area contributed by atoms with Crippen molar-refractivity contribution in [1.82, 2.24) is 30.2 Å². The van der Waals surface area contributed by atoms with Gasteiger partial charge in [0.25, 0.3) is 5.91 Å². The SMILES string of the molecule is COc1ccc(C2=NN(C3CCN(C(=O)[C@@H](Cc4ccccc4C(F)(F)F)NC(=O)c4c(C)[nH]c5c(-c6c(OCC7CC7)ccc7c6OCO7)ncnc45)CC3)C(=O)[C@@H]3CCCC[C@H]23)cc1OC. The Morgan fingerprint density at radius 3 is 2.41 bits per heavy atom. The molecule has 3 fully saturated rings. The van der Waals surface area contributed by atoms with E-state index in [1.54, 1.807) is 43.2 Å². The van der Waals surface area contributed by atoms with Crippen LogP contribution in [0.15, 0.2) is 66.0 Å². The zero-order valence-corrected chi connectivity index (χ0v) is 38.0. The van der Waals surface area contributed by atoms with Crippen molar-refractivity contribution < 1.29 is 51.2 Å². The Morgan fingerprint density at radius 2 is 1.66 bits per heavy atom. The van der Waals surface area contributed by atoms with E-state index in [4.69, 9.17) is 28.8 Å². The zero-order chi connectivity index (χ0) is 47.3. The summed E-state index contributed by atoms with van der Waals surface area (Å²) >= 11 is 0. The molecule has 18 heteroatoms. The van der Waals surface area contributed by atoms with Gasteiger partial charge in [0.05, 0.1) is 54.8 Å². The Hall–Kier alpha value is -6.85. The second-order valence-electron chi connectivity index (χ2n) is 18.2. The van der Waals surface area contributed by atoms with Crippen molar-refractivity contribution in [2.45, 2.75) is 83.0 Å². The number of fused-ring (bicyclic) bond motifs is 3. The molecule has 2 aromatic heterocycles. The highest BCUT2D eigenvalue weighted by atomic mass is 19.4. The monoisotopic (exact) mass is 935 g/mol. The number of aryl methyl sites for hydroxylation is 1. The van der Waals surface area contributed by atoms with Crippen LogP contribution < -0.4 is 29.0 Å². The summed E-state index contributed by atoms with van der Waals surface area (Å²) in [5.74, 6) is 1.43. The molecule has 68 heavy (non-hydrogen) atoms. The number of alkyl halides is 3. The summed E-state index contributed by atoms with van der Waals surface area (Å²) in [5.41, 5.74) is 2.64. The molecule has 2 N–H and O–H groups in total. The van der Waals surface area contributed by atoms with Crippen LogP contribution in [-0.2, 0) is 22.2 Å². The number of rotatable bonds is 13.